The average molecular weight is 359 g/mol. The smallest absolute Gasteiger partial charge is 0.269 e. The summed E-state index contributed by atoms with van der Waals surface area (Å²) in [7, 11) is 0. The lowest BCUT2D eigenvalue weighted by atomic mass is 10.1. The largest absolute Gasteiger partial charge is 0.454 e. The number of nitrogens with zero attached hydrogens (tertiary/aromatic N) is 2. The van der Waals surface area contributed by atoms with Crippen molar-refractivity contribution in [3.05, 3.63) is 39.2 Å². The molecule has 0 spiro atoms. The van der Waals surface area contributed by atoms with Crippen molar-refractivity contribution in [2.24, 2.45) is 0 Å². The van der Waals surface area contributed by atoms with E-state index in [1.165, 1.54) is 22.7 Å². The van der Waals surface area contributed by atoms with Crippen LogP contribution in [0.2, 0.25) is 0 Å². The van der Waals surface area contributed by atoms with E-state index in [1.54, 1.807) is 0 Å². The quantitative estimate of drug-likeness (QED) is 0.768. The molecule has 4 rings (SSSR count). The lowest BCUT2D eigenvalue weighted by molar-refractivity contribution is 0.103. The van der Waals surface area contributed by atoms with Gasteiger partial charge in [0.25, 0.3) is 5.91 Å². The van der Waals surface area contributed by atoms with Crippen LogP contribution in [0.25, 0.3) is 11.3 Å². The van der Waals surface area contributed by atoms with Crippen molar-refractivity contribution >= 4 is 33.7 Å². The monoisotopic (exact) mass is 359 g/mol. The first kappa shape index (κ1) is 15.1. The summed E-state index contributed by atoms with van der Waals surface area (Å²) in [4.78, 5) is 21.7. The third-order valence-corrected chi connectivity index (χ3v) is 5.33. The number of rotatable bonds is 3. The normalized spacial score (nSPS) is 12.4. The molecular formula is C16H13N3O3S2. The van der Waals surface area contributed by atoms with Crippen molar-refractivity contribution < 1.29 is 14.3 Å². The number of carbonyl (C=O) groups excluding carboxylic acids is 1. The molecule has 3 heterocycles. The number of anilines is 1. The van der Waals surface area contributed by atoms with Gasteiger partial charge in [-0.2, -0.15) is 0 Å². The van der Waals surface area contributed by atoms with Crippen LogP contribution in [0.1, 0.15) is 20.4 Å². The minimum absolute atomic E-state index is 0.176. The molecule has 0 radical (unpaired) electrons. The number of nitrogens with one attached hydrogen (secondary N) is 1. The topological polar surface area (TPSA) is 73.3 Å². The van der Waals surface area contributed by atoms with Crippen LogP contribution in [0, 0.1) is 13.8 Å². The molecule has 0 atom stereocenters. The second-order valence-corrected chi connectivity index (χ2v) is 7.27. The maximum Gasteiger partial charge on any atom is 0.269 e. The molecule has 24 heavy (non-hydrogen) atoms. The molecule has 0 aliphatic carbocycles. The molecule has 1 aliphatic heterocycles. The maximum atomic E-state index is 12.3. The number of ether oxygens (including phenoxy) is 2. The Hall–Kier alpha value is -2.45. The van der Waals surface area contributed by atoms with Crippen LogP contribution in [0.15, 0.2) is 23.6 Å². The van der Waals surface area contributed by atoms with E-state index in [2.05, 4.69) is 15.3 Å². The molecular weight excluding hydrogens is 346 g/mol. The van der Waals surface area contributed by atoms with Gasteiger partial charge in [0.2, 0.25) is 6.79 Å². The molecule has 8 heteroatoms. The van der Waals surface area contributed by atoms with Crippen molar-refractivity contribution in [1.29, 1.82) is 0 Å². The van der Waals surface area contributed by atoms with Gasteiger partial charge in [-0.1, -0.05) is 0 Å². The summed E-state index contributed by atoms with van der Waals surface area (Å²) < 4.78 is 10.7. The third-order valence-electron chi connectivity index (χ3n) is 3.50. The van der Waals surface area contributed by atoms with E-state index in [1.807, 2.05) is 37.4 Å². The third kappa shape index (κ3) is 2.74. The van der Waals surface area contributed by atoms with Crippen molar-refractivity contribution in [1.82, 2.24) is 9.97 Å². The zero-order valence-corrected chi connectivity index (χ0v) is 14.6. The van der Waals surface area contributed by atoms with Crippen LogP contribution in [-0.2, 0) is 0 Å². The van der Waals surface area contributed by atoms with E-state index in [0.29, 0.717) is 15.8 Å². The summed E-state index contributed by atoms with van der Waals surface area (Å²) >= 11 is 2.76. The van der Waals surface area contributed by atoms with E-state index in [9.17, 15) is 4.79 Å². The second-order valence-electron chi connectivity index (χ2n) is 5.21. The molecule has 0 saturated heterocycles. The Kier molecular flexibility index (Phi) is 3.70. The Labute approximate surface area is 146 Å². The molecule has 122 valence electrons. The van der Waals surface area contributed by atoms with Gasteiger partial charge >= 0.3 is 0 Å². The molecule has 1 aliphatic rings. The number of hydrogen-bond donors (Lipinski definition) is 1. The number of hydrogen-bond acceptors (Lipinski definition) is 7. The molecule has 0 bridgehead atoms. The van der Waals surface area contributed by atoms with E-state index < -0.39 is 0 Å². The fourth-order valence-corrected chi connectivity index (χ4v) is 3.95. The predicted octanol–water partition coefficient (Wildman–Crippen LogP) is 3.86. The van der Waals surface area contributed by atoms with Gasteiger partial charge in [0.05, 0.1) is 16.4 Å². The zero-order chi connectivity index (χ0) is 16.7. The summed E-state index contributed by atoms with van der Waals surface area (Å²) in [6.45, 7) is 3.96. The number of thiazole rings is 2. The number of carbonyl (C=O) groups is 1. The first-order chi connectivity index (χ1) is 11.6. The first-order valence-corrected chi connectivity index (χ1v) is 8.91. The molecule has 0 unspecified atom stereocenters. The summed E-state index contributed by atoms with van der Waals surface area (Å²) in [5, 5.41) is 6.17. The highest BCUT2D eigenvalue weighted by Crippen LogP contribution is 2.36. The fourth-order valence-electron chi connectivity index (χ4n) is 2.42. The number of amides is 1. The number of fused-ring (bicyclic) bond motifs is 1. The van der Waals surface area contributed by atoms with Gasteiger partial charge in [0.15, 0.2) is 16.6 Å². The van der Waals surface area contributed by atoms with Crippen molar-refractivity contribution in [2.45, 2.75) is 13.8 Å². The van der Waals surface area contributed by atoms with Crippen LogP contribution >= 0.6 is 22.7 Å². The number of benzene rings is 1. The minimum Gasteiger partial charge on any atom is -0.454 e. The Morgan fingerprint density at radius 2 is 2.04 bits per heavy atom. The molecule has 1 aromatic carbocycles. The van der Waals surface area contributed by atoms with Crippen molar-refractivity contribution in [3.63, 3.8) is 0 Å². The summed E-state index contributed by atoms with van der Waals surface area (Å²) in [5.74, 6) is 1.27. The maximum absolute atomic E-state index is 12.3. The van der Waals surface area contributed by atoms with E-state index in [0.717, 1.165) is 27.7 Å². The van der Waals surface area contributed by atoms with Crippen LogP contribution in [0.5, 0.6) is 11.5 Å². The van der Waals surface area contributed by atoms with E-state index >= 15 is 0 Å². The van der Waals surface area contributed by atoms with Gasteiger partial charge in [0, 0.05) is 10.9 Å². The van der Waals surface area contributed by atoms with Crippen LogP contribution in [0.3, 0.4) is 0 Å². The van der Waals surface area contributed by atoms with Crippen LogP contribution in [-0.4, -0.2) is 22.7 Å². The highest BCUT2D eigenvalue weighted by molar-refractivity contribution is 7.15. The lowest BCUT2D eigenvalue weighted by Crippen LogP contribution is -2.11. The number of aromatic nitrogens is 2. The van der Waals surface area contributed by atoms with Gasteiger partial charge in [-0.15, -0.1) is 22.7 Å². The Bertz CT molecular complexity index is 933. The highest BCUT2D eigenvalue weighted by Gasteiger charge is 2.17. The van der Waals surface area contributed by atoms with Crippen molar-refractivity contribution in [2.75, 3.05) is 12.1 Å². The van der Waals surface area contributed by atoms with Gasteiger partial charge in [-0.25, -0.2) is 9.97 Å². The molecule has 1 N–H and O–H groups in total. The summed E-state index contributed by atoms with van der Waals surface area (Å²) in [6, 6.07) is 5.67. The second kappa shape index (κ2) is 5.88. The lowest BCUT2D eigenvalue weighted by Gasteiger charge is -2.00. The standard InChI is InChI=1S/C16H13N3O3S2/c1-8-14(24-9(2)17-8)15(20)19-16-18-11(6-23-16)10-3-4-12-13(5-10)22-7-21-12/h3-6H,7H2,1-2H3,(H,18,19,20). The Morgan fingerprint density at radius 3 is 2.83 bits per heavy atom. The van der Waals surface area contributed by atoms with Crippen molar-refractivity contribution in [3.8, 4) is 22.8 Å². The van der Waals surface area contributed by atoms with Gasteiger partial charge in [-0.05, 0) is 32.0 Å². The van der Waals surface area contributed by atoms with Crippen LogP contribution < -0.4 is 14.8 Å². The molecule has 0 saturated carbocycles. The van der Waals surface area contributed by atoms with Crippen LogP contribution in [0.4, 0.5) is 5.13 Å². The minimum atomic E-state index is -0.176. The van der Waals surface area contributed by atoms with E-state index in [4.69, 9.17) is 9.47 Å². The Balaban J connectivity index is 1.55. The van der Waals surface area contributed by atoms with Gasteiger partial charge in [-0.3, -0.25) is 10.1 Å². The molecule has 2 aromatic heterocycles. The molecule has 3 aromatic rings. The highest BCUT2D eigenvalue weighted by atomic mass is 32.1. The molecule has 6 nitrogen and oxygen atoms in total. The Morgan fingerprint density at radius 1 is 1.21 bits per heavy atom. The van der Waals surface area contributed by atoms with E-state index in [-0.39, 0.29) is 12.7 Å². The number of aryl methyl sites for hydroxylation is 2. The SMILES string of the molecule is Cc1nc(C)c(C(=O)Nc2nc(-c3ccc4c(c3)OCO4)cs2)s1. The van der Waals surface area contributed by atoms with Gasteiger partial charge < -0.3 is 9.47 Å². The molecule has 1 amide bonds. The fraction of sp³-hybridized carbons (Fsp3) is 0.188. The summed E-state index contributed by atoms with van der Waals surface area (Å²) in [5.41, 5.74) is 2.44. The zero-order valence-electron chi connectivity index (χ0n) is 13.0. The van der Waals surface area contributed by atoms with Gasteiger partial charge in [0.1, 0.15) is 4.88 Å². The summed E-state index contributed by atoms with van der Waals surface area (Å²) in [6.07, 6.45) is 0. The average Bonchev–Trinajstić information content (AvgIpc) is 3.26. The molecule has 0 fully saturated rings. The first-order valence-electron chi connectivity index (χ1n) is 7.21. The predicted molar refractivity (Wildman–Crippen MR) is 93.2 cm³/mol.